The van der Waals surface area contributed by atoms with Crippen LogP contribution in [0.25, 0.3) is 10.9 Å². The van der Waals surface area contributed by atoms with Crippen molar-refractivity contribution in [3.05, 3.63) is 64.0 Å². The first-order valence-corrected chi connectivity index (χ1v) is 9.90. The fourth-order valence-electron chi connectivity index (χ4n) is 2.96. The first-order chi connectivity index (χ1) is 12.7. The van der Waals surface area contributed by atoms with E-state index in [1.54, 1.807) is 0 Å². The molecule has 3 rings (SSSR count). The van der Waals surface area contributed by atoms with Crippen molar-refractivity contribution in [2.45, 2.75) is 39.8 Å². The lowest BCUT2D eigenvalue weighted by molar-refractivity contribution is 0.645. The van der Waals surface area contributed by atoms with E-state index in [1.165, 1.54) is 15.3 Å². The van der Waals surface area contributed by atoms with Gasteiger partial charge in [-0.05, 0) is 50.6 Å². The number of aryl methyl sites for hydroxylation is 1. The Balaban J connectivity index is 0.00000261. The molecule has 27 heavy (non-hydrogen) atoms. The lowest BCUT2D eigenvalue weighted by atomic mass is 10.1. The topological polar surface area (TPSA) is 49.3 Å². The third-order valence-corrected chi connectivity index (χ3v) is 5.20. The van der Waals surface area contributed by atoms with E-state index in [-0.39, 0.29) is 24.0 Å². The van der Waals surface area contributed by atoms with E-state index in [4.69, 9.17) is 4.99 Å². The fraction of sp³-hybridized carbons (Fsp3) is 0.333. The van der Waals surface area contributed by atoms with E-state index >= 15 is 0 Å². The summed E-state index contributed by atoms with van der Waals surface area (Å²) in [5.41, 5.74) is 2.20. The summed E-state index contributed by atoms with van der Waals surface area (Å²) in [5, 5.41) is 8.04. The molecule has 0 amide bonds. The fourth-order valence-corrected chi connectivity index (χ4v) is 3.98. The monoisotopic (exact) mass is 494 g/mol. The van der Waals surface area contributed by atoms with Gasteiger partial charge in [0.2, 0.25) is 0 Å². The number of fused-ring (bicyclic) bond motifs is 1. The minimum atomic E-state index is 0. The Morgan fingerprint density at radius 2 is 2.00 bits per heavy atom. The molecule has 0 bridgehead atoms. The number of rotatable bonds is 6. The van der Waals surface area contributed by atoms with E-state index in [2.05, 4.69) is 54.6 Å². The highest BCUT2D eigenvalue weighted by Gasteiger charge is 2.08. The highest BCUT2D eigenvalue weighted by Crippen LogP contribution is 2.18. The molecule has 1 unspecified atom stereocenters. The summed E-state index contributed by atoms with van der Waals surface area (Å²) >= 11 is 1.86. The maximum Gasteiger partial charge on any atom is 0.191 e. The third-order valence-electron chi connectivity index (χ3n) is 4.18. The van der Waals surface area contributed by atoms with E-state index in [0.29, 0.717) is 12.6 Å². The van der Waals surface area contributed by atoms with Gasteiger partial charge in [0.25, 0.3) is 0 Å². The molecule has 1 aromatic carbocycles. The number of nitrogens with zero attached hydrogens (tertiary/aromatic N) is 2. The number of halogens is 1. The van der Waals surface area contributed by atoms with Crippen LogP contribution in [-0.2, 0) is 13.0 Å². The zero-order valence-corrected chi connectivity index (χ0v) is 19.2. The van der Waals surface area contributed by atoms with Gasteiger partial charge in [-0.3, -0.25) is 4.98 Å². The van der Waals surface area contributed by atoms with Crippen molar-refractivity contribution in [2.24, 2.45) is 4.99 Å². The second-order valence-electron chi connectivity index (χ2n) is 6.44. The van der Waals surface area contributed by atoms with Gasteiger partial charge in [0.15, 0.2) is 5.96 Å². The molecule has 2 heterocycles. The summed E-state index contributed by atoms with van der Waals surface area (Å²) in [7, 11) is 0. The molecule has 0 aliphatic carbocycles. The zero-order chi connectivity index (χ0) is 18.4. The predicted octanol–water partition coefficient (Wildman–Crippen LogP) is 4.91. The second kappa shape index (κ2) is 10.6. The smallest absolute Gasteiger partial charge is 0.191 e. The van der Waals surface area contributed by atoms with Crippen molar-refractivity contribution >= 4 is 52.2 Å². The molecule has 1 atom stereocenters. The summed E-state index contributed by atoms with van der Waals surface area (Å²) in [4.78, 5) is 12.0. The lowest BCUT2D eigenvalue weighted by Crippen LogP contribution is -2.43. The minimum absolute atomic E-state index is 0. The van der Waals surface area contributed by atoms with Gasteiger partial charge in [0, 0.05) is 40.3 Å². The summed E-state index contributed by atoms with van der Waals surface area (Å²) in [6, 6.07) is 15.0. The molecule has 0 saturated heterocycles. The van der Waals surface area contributed by atoms with Gasteiger partial charge in [-0.1, -0.05) is 18.2 Å². The molecule has 0 aliphatic heterocycles. The van der Waals surface area contributed by atoms with E-state index in [0.717, 1.165) is 29.8 Å². The highest BCUT2D eigenvalue weighted by atomic mass is 127. The zero-order valence-electron chi connectivity index (χ0n) is 16.0. The number of aliphatic imine (C=N–C) groups is 1. The standard InChI is InChI=1S/C21H26N4S.HI/c1-4-22-21(25-15(2)13-18-10-9-16(3)26-18)24-14-17-11-12-23-20-8-6-5-7-19(17)20;/h5-12,15H,4,13-14H2,1-3H3,(H2,22,24,25);1H. The number of nitrogens with one attached hydrogen (secondary N) is 2. The number of hydrogen-bond donors (Lipinski definition) is 2. The normalized spacial score (nSPS) is 12.5. The molecule has 3 aromatic rings. The molecule has 0 aliphatic rings. The molecule has 0 saturated carbocycles. The number of guanidine groups is 1. The molecule has 0 fully saturated rings. The number of para-hydroxylation sites is 1. The summed E-state index contributed by atoms with van der Waals surface area (Å²) in [6.07, 6.45) is 2.86. The number of hydrogen-bond acceptors (Lipinski definition) is 3. The summed E-state index contributed by atoms with van der Waals surface area (Å²) in [5.74, 6) is 0.856. The lowest BCUT2D eigenvalue weighted by Gasteiger charge is -2.17. The van der Waals surface area contributed by atoms with Crippen molar-refractivity contribution in [1.29, 1.82) is 0 Å². The summed E-state index contributed by atoms with van der Waals surface area (Å²) < 4.78 is 0. The van der Waals surface area contributed by atoms with Crippen molar-refractivity contribution < 1.29 is 0 Å². The van der Waals surface area contributed by atoms with Crippen LogP contribution < -0.4 is 10.6 Å². The molecule has 0 radical (unpaired) electrons. The van der Waals surface area contributed by atoms with Crippen LogP contribution in [0.3, 0.4) is 0 Å². The van der Waals surface area contributed by atoms with E-state index < -0.39 is 0 Å². The van der Waals surface area contributed by atoms with Crippen LogP contribution in [-0.4, -0.2) is 23.5 Å². The molecule has 4 nitrogen and oxygen atoms in total. The Kier molecular flexibility index (Phi) is 8.50. The second-order valence-corrected chi connectivity index (χ2v) is 7.82. The first kappa shape index (κ1) is 21.6. The number of thiophene rings is 1. The van der Waals surface area contributed by atoms with Crippen molar-refractivity contribution in [3.8, 4) is 0 Å². The highest BCUT2D eigenvalue weighted by molar-refractivity contribution is 14.0. The summed E-state index contributed by atoms with van der Waals surface area (Å²) in [6.45, 7) is 7.91. The molecule has 144 valence electrons. The molecule has 6 heteroatoms. The van der Waals surface area contributed by atoms with E-state index in [9.17, 15) is 0 Å². The van der Waals surface area contributed by atoms with Crippen LogP contribution in [0.1, 0.15) is 29.2 Å². The minimum Gasteiger partial charge on any atom is -0.357 e. The maximum absolute atomic E-state index is 4.79. The van der Waals surface area contributed by atoms with Crippen LogP contribution in [0, 0.1) is 6.92 Å². The Morgan fingerprint density at radius 1 is 1.19 bits per heavy atom. The average Bonchev–Trinajstić information content (AvgIpc) is 3.04. The molecule has 2 N–H and O–H groups in total. The average molecular weight is 494 g/mol. The van der Waals surface area contributed by atoms with E-state index in [1.807, 2.05) is 41.8 Å². The number of benzene rings is 1. The van der Waals surface area contributed by atoms with Crippen LogP contribution in [0.4, 0.5) is 0 Å². The van der Waals surface area contributed by atoms with Crippen molar-refractivity contribution in [2.75, 3.05) is 6.54 Å². The number of pyridine rings is 1. The Labute approximate surface area is 182 Å². The van der Waals surface area contributed by atoms with Crippen molar-refractivity contribution in [3.63, 3.8) is 0 Å². The quantitative estimate of drug-likeness (QED) is 0.291. The van der Waals surface area contributed by atoms with Crippen LogP contribution >= 0.6 is 35.3 Å². The SMILES string of the molecule is CCNC(=NCc1ccnc2ccccc12)NC(C)Cc1ccc(C)s1.I. The van der Waals surface area contributed by atoms with Gasteiger partial charge in [0.05, 0.1) is 12.1 Å². The maximum atomic E-state index is 4.79. The van der Waals surface area contributed by atoms with Crippen LogP contribution in [0.5, 0.6) is 0 Å². The van der Waals surface area contributed by atoms with Crippen molar-refractivity contribution in [1.82, 2.24) is 15.6 Å². The van der Waals surface area contributed by atoms with Gasteiger partial charge in [-0.2, -0.15) is 0 Å². The third kappa shape index (κ3) is 6.17. The van der Waals surface area contributed by atoms with Gasteiger partial charge < -0.3 is 10.6 Å². The Hall–Kier alpha value is -1.67. The molecule has 2 aromatic heterocycles. The molecular weight excluding hydrogens is 467 g/mol. The molecule has 0 spiro atoms. The van der Waals surface area contributed by atoms with Crippen LogP contribution in [0.2, 0.25) is 0 Å². The predicted molar refractivity (Wildman–Crippen MR) is 127 cm³/mol. The Bertz CT molecular complexity index is 885. The van der Waals surface area contributed by atoms with Gasteiger partial charge in [-0.25, -0.2) is 4.99 Å². The van der Waals surface area contributed by atoms with Gasteiger partial charge in [0.1, 0.15) is 0 Å². The Morgan fingerprint density at radius 3 is 2.74 bits per heavy atom. The number of aromatic nitrogens is 1. The largest absolute Gasteiger partial charge is 0.357 e. The first-order valence-electron chi connectivity index (χ1n) is 9.08. The molecular formula is C21H27IN4S. The van der Waals surface area contributed by atoms with Gasteiger partial charge >= 0.3 is 0 Å². The van der Waals surface area contributed by atoms with Crippen LogP contribution in [0.15, 0.2) is 53.7 Å². The van der Waals surface area contributed by atoms with Gasteiger partial charge in [-0.15, -0.1) is 35.3 Å².